The van der Waals surface area contributed by atoms with Crippen molar-refractivity contribution in [3.63, 3.8) is 0 Å². The Balaban J connectivity index is 1.86. The second kappa shape index (κ2) is 8.29. The van der Waals surface area contributed by atoms with Gasteiger partial charge in [0.15, 0.2) is 0 Å². The fraction of sp³-hybridized carbons (Fsp3) is 1.00. The number of hydrogen-bond acceptors (Lipinski definition) is 1. The molecular formula is C18H35N. The van der Waals surface area contributed by atoms with Crippen molar-refractivity contribution in [1.29, 1.82) is 0 Å². The lowest BCUT2D eigenvalue weighted by Crippen LogP contribution is -2.34. The predicted molar refractivity (Wildman–Crippen MR) is 84.3 cm³/mol. The van der Waals surface area contributed by atoms with Gasteiger partial charge in [0.1, 0.15) is 0 Å². The molecule has 2 aliphatic carbocycles. The molecule has 1 N–H and O–H groups in total. The van der Waals surface area contributed by atoms with Gasteiger partial charge in [-0.25, -0.2) is 0 Å². The summed E-state index contributed by atoms with van der Waals surface area (Å²) in [5.74, 6) is 3.88. The van der Waals surface area contributed by atoms with Crippen molar-refractivity contribution in [2.45, 2.75) is 78.1 Å². The third-order valence-corrected chi connectivity index (χ3v) is 5.43. The van der Waals surface area contributed by atoms with Crippen LogP contribution in [0.2, 0.25) is 0 Å². The normalized spacial score (nSPS) is 30.5. The van der Waals surface area contributed by atoms with Gasteiger partial charge in [-0.05, 0) is 49.6 Å². The van der Waals surface area contributed by atoms with Crippen molar-refractivity contribution in [3.05, 3.63) is 0 Å². The van der Waals surface area contributed by atoms with E-state index in [0.717, 1.165) is 23.7 Å². The van der Waals surface area contributed by atoms with Gasteiger partial charge < -0.3 is 5.32 Å². The highest BCUT2D eigenvalue weighted by Gasteiger charge is 2.31. The van der Waals surface area contributed by atoms with E-state index in [1.807, 2.05) is 0 Å². The first kappa shape index (κ1) is 15.4. The molecule has 0 aliphatic heterocycles. The average Bonchev–Trinajstić information content (AvgIpc) is 2.65. The van der Waals surface area contributed by atoms with Crippen molar-refractivity contribution in [2.75, 3.05) is 13.1 Å². The molecule has 2 saturated carbocycles. The van der Waals surface area contributed by atoms with E-state index in [1.165, 1.54) is 77.3 Å². The first-order valence-corrected chi connectivity index (χ1v) is 8.98. The molecule has 0 aromatic carbocycles. The lowest BCUT2D eigenvalue weighted by atomic mass is 9.72. The smallest absolute Gasteiger partial charge is 0.00177 e. The van der Waals surface area contributed by atoms with Crippen LogP contribution in [0.25, 0.3) is 0 Å². The van der Waals surface area contributed by atoms with E-state index >= 15 is 0 Å². The fourth-order valence-corrected chi connectivity index (χ4v) is 4.41. The lowest BCUT2D eigenvalue weighted by Gasteiger charge is -2.35. The van der Waals surface area contributed by atoms with Crippen LogP contribution in [0.5, 0.6) is 0 Å². The SMILES string of the molecule is CC(C)CNCC1CCCCCC1C1CCCCC1. The Morgan fingerprint density at radius 2 is 1.47 bits per heavy atom. The Morgan fingerprint density at radius 3 is 2.16 bits per heavy atom. The largest absolute Gasteiger partial charge is 0.316 e. The molecule has 0 radical (unpaired) electrons. The summed E-state index contributed by atoms with van der Waals surface area (Å²) in [6.45, 7) is 7.13. The molecule has 2 atom stereocenters. The molecular weight excluding hydrogens is 230 g/mol. The maximum atomic E-state index is 3.75. The molecule has 112 valence electrons. The standard InChI is InChI=1S/C18H35N/c1-15(2)13-19-14-17-11-7-4-8-12-18(17)16-9-5-3-6-10-16/h15-19H,3-14H2,1-2H3. The van der Waals surface area contributed by atoms with Gasteiger partial charge in [0, 0.05) is 0 Å². The van der Waals surface area contributed by atoms with Crippen LogP contribution in [-0.4, -0.2) is 13.1 Å². The number of hydrogen-bond donors (Lipinski definition) is 1. The third-order valence-electron chi connectivity index (χ3n) is 5.43. The minimum atomic E-state index is 0.791. The Bertz CT molecular complexity index is 230. The van der Waals surface area contributed by atoms with Gasteiger partial charge >= 0.3 is 0 Å². The highest BCUT2D eigenvalue weighted by molar-refractivity contribution is 4.83. The van der Waals surface area contributed by atoms with Crippen LogP contribution >= 0.6 is 0 Å². The van der Waals surface area contributed by atoms with Crippen LogP contribution in [-0.2, 0) is 0 Å². The van der Waals surface area contributed by atoms with Crippen molar-refractivity contribution in [2.24, 2.45) is 23.7 Å². The first-order chi connectivity index (χ1) is 9.27. The highest BCUT2D eigenvalue weighted by atomic mass is 14.9. The summed E-state index contributed by atoms with van der Waals surface area (Å²) < 4.78 is 0. The third kappa shape index (κ3) is 5.10. The maximum Gasteiger partial charge on any atom is -0.00177 e. The topological polar surface area (TPSA) is 12.0 Å². The Kier molecular flexibility index (Phi) is 6.70. The summed E-state index contributed by atoms with van der Waals surface area (Å²) in [4.78, 5) is 0. The fourth-order valence-electron chi connectivity index (χ4n) is 4.41. The molecule has 0 aromatic heterocycles. The molecule has 2 fully saturated rings. The molecule has 2 unspecified atom stereocenters. The Morgan fingerprint density at radius 1 is 0.842 bits per heavy atom. The van der Waals surface area contributed by atoms with Crippen LogP contribution in [0.4, 0.5) is 0 Å². The second-order valence-electron chi connectivity index (χ2n) is 7.51. The van der Waals surface area contributed by atoms with E-state index in [4.69, 9.17) is 0 Å². The summed E-state index contributed by atoms with van der Waals surface area (Å²) in [5, 5.41) is 3.75. The molecule has 2 aliphatic rings. The molecule has 0 heterocycles. The minimum Gasteiger partial charge on any atom is -0.316 e. The van der Waals surface area contributed by atoms with Gasteiger partial charge in [0.05, 0.1) is 0 Å². The first-order valence-electron chi connectivity index (χ1n) is 8.98. The summed E-state index contributed by atoms with van der Waals surface area (Å²) in [7, 11) is 0. The zero-order chi connectivity index (χ0) is 13.5. The summed E-state index contributed by atoms with van der Waals surface area (Å²) in [6, 6.07) is 0. The maximum absolute atomic E-state index is 3.75. The van der Waals surface area contributed by atoms with Crippen molar-refractivity contribution in [1.82, 2.24) is 5.32 Å². The molecule has 0 bridgehead atoms. The Labute approximate surface area is 120 Å². The van der Waals surface area contributed by atoms with Crippen molar-refractivity contribution >= 4 is 0 Å². The van der Waals surface area contributed by atoms with E-state index in [-0.39, 0.29) is 0 Å². The van der Waals surface area contributed by atoms with Gasteiger partial charge in [0.2, 0.25) is 0 Å². The van der Waals surface area contributed by atoms with Gasteiger partial charge in [-0.2, -0.15) is 0 Å². The van der Waals surface area contributed by atoms with Gasteiger partial charge in [-0.3, -0.25) is 0 Å². The van der Waals surface area contributed by atoms with Gasteiger partial charge in [0.25, 0.3) is 0 Å². The molecule has 0 saturated heterocycles. The molecule has 2 rings (SSSR count). The van der Waals surface area contributed by atoms with Gasteiger partial charge in [-0.15, -0.1) is 0 Å². The predicted octanol–water partition coefficient (Wildman–Crippen LogP) is 5.01. The van der Waals surface area contributed by atoms with Gasteiger partial charge in [-0.1, -0.05) is 65.2 Å². The molecule has 1 heteroatoms. The monoisotopic (exact) mass is 265 g/mol. The molecule has 0 spiro atoms. The van der Waals surface area contributed by atoms with Crippen molar-refractivity contribution < 1.29 is 0 Å². The van der Waals surface area contributed by atoms with E-state index in [9.17, 15) is 0 Å². The van der Waals surface area contributed by atoms with E-state index in [2.05, 4.69) is 19.2 Å². The minimum absolute atomic E-state index is 0.791. The quantitative estimate of drug-likeness (QED) is 0.689. The van der Waals surface area contributed by atoms with Crippen LogP contribution in [0.1, 0.15) is 78.1 Å². The lowest BCUT2D eigenvalue weighted by molar-refractivity contribution is 0.163. The van der Waals surface area contributed by atoms with Crippen LogP contribution in [0.3, 0.4) is 0 Å². The summed E-state index contributed by atoms with van der Waals surface area (Å²) in [5.41, 5.74) is 0. The van der Waals surface area contributed by atoms with E-state index in [1.54, 1.807) is 0 Å². The average molecular weight is 265 g/mol. The van der Waals surface area contributed by atoms with E-state index < -0.39 is 0 Å². The molecule has 19 heavy (non-hydrogen) atoms. The zero-order valence-corrected chi connectivity index (χ0v) is 13.3. The Hall–Kier alpha value is -0.0400. The van der Waals surface area contributed by atoms with Crippen LogP contribution < -0.4 is 5.32 Å². The molecule has 0 aromatic rings. The summed E-state index contributed by atoms with van der Waals surface area (Å²) in [6.07, 6.45) is 15.1. The highest BCUT2D eigenvalue weighted by Crippen LogP contribution is 2.40. The summed E-state index contributed by atoms with van der Waals surface area (Å²) >= 11 is 0. The number of nitrogens with one attached hydrogen (secondary N) is 1. The van der Waals surface area contributed by atoms with Crippen LogP contribution in [0, 0.1) is 23.7 Å². The second-order valence-corrected chi connectivity index (χ2v) is 7.51. The van der Waals surface area contributed by atoms with Crippen molar-refractivity contribution in [3.8, 4) is 0 Å². The molecule has 1 nitrogen and oxygen atoms in total. The zero-order valence-electron chi connectivity index (χ0n) is 13.3. The number of rotatable bonds is 5. The van der Waals surface area contributed by atoms with Crippen LogP contribution in [0.15, 0.2) is 0 Å². The van der Waals surface area contributed by atoms with E-state index in [0.29, 0.717) is 0 Å². The molecule has 0 amide bonds.